The number of nitrogens with zero attached hydrogens (tertiary/aromatic N) is 2. The molecule has 0 unspecified atom stereocenters. The minimum atomic E-state index is -3.71. The van der Waals surface area contributed by atoms with Crippen LogP contribution < -0.4 is 4.72 Å². The zero-order valence-electron chi connectivity index (χ0n) is 13.6. The predicted octanol–water partition coefficient (Wildman–Crippen LogP) is 3.04. The van der Waals surface area contributed by atoms with Gasteiger partial charge < -0.3 is 9.40 Å². The van der Waals surface area contributed by atoms with Gasteiger partial charge in [-0.15, -0.1) is 10.2 Å². The van der Waals surface area contributed by atoms with E-state index in [1.807, 2.05) is 32.9 Å². The molecule has 8 heteroatoms. The molecule has 0 fully saturated rings. The summed E-state index contributed by atoms with van der Waals surface area (Å²) >= 11 is 0. The number of benzene rings is 1. The fraction of sp³-hybridized carbons (Fsp3) is 0.250. The van der Waals surface area contributed by atoms with Crippen LogP contribution in [0.25, 0.3) is 11.6 Å². The normalized spacial score (nSPS) is 11.6. The Balaban J connectivity index is 1.89. The number of sulfonamides is 1. The Bertz CT molecular complexity index is 973. The summed E-state index contributed by atoms with van der Waals surface area (Å²) in [4.78, 5) is 2.97. The maximum absolute atomic E-state index is 12.6. The van der Waals surface area contributed by atoms with E-state index in [2.05, 4.69) is 19.9 Å². The van der Waals surface area contributed by atoms with Crippen LogP contribution in [0.3, 0.4) is 0 Å². The minimum absolute atomic E-state index is 0.106. The van der Waals surface area contributed by atoms with Crippen LogP contribution in [-0.4, -0.2) is 23.6 Å². The topological polar surface area (TPSA) is 101 Å². The van der Waals surface area contributed by atoms with E-state index in [1.165, 1.54) is 12.3 Å². The highest BCUT2D eigenvalue weighted by Crippen LogP contribution is 2.24. The second-order valence-electron chi connectivity index (χ2n) is 5.53. The molecule has 0 bridgehead atoms. The number of aromatic nitrogens is 3. The molecule has 0 saturated heterocycles. The molecule has 0 radical (unpaired) electrons. The van der Waals surface area contributed by atoms with E-state index in [-0.39, 0.29) is 10.8 Å². The average molecular weight is 346 g/mol. The lowest BCUT2D eigenvalue weighted by Crippen LogP contribution is -2.13. The standard InChI is InChI=1S/C16H18N4O3S/c1-4-15-18-19-16(23-15)14-8-12(9-17-14)24(21,22)20-13-7-10(2)5-6-11(13)3/h5-9,17,20H,4H2,1-3H3. The van der Waals surface area contributed by atoms with Crippen molar-refractivity contribution in [2.24, 2.45) is 0 Å². The smallest absolute Gasteiger partial charge is 0.264 e. The zero-order valence-corrected chi connectivity index (χ0v) is 14.4. The molecule has 24 heavy (non-hydrogen) atoms. The van der Waals surface area contributed by atoms with Gasteiger partial charge in [-0.3, -0.25) is 4.72 Å². The first-order valence-corrected chi connectivity index (χ1v) is 8.98. The maximum atomic E-state index is 12.6. The van der Waals surface area contributed by atoms with Gasteiger partial charge in [0.1, 0.15) is 10.6 Å². The van der Waals surface area contributed by atoms with Crippen molar-refractivity contribution in [2.45, 2.75) is 32.1 Å². The molecule has 0 spiro atoms. The van der Waals surface area contributed by atoms with Gasteiger partial charge in [0, 0.05) is 12.6 Å². The fourth-order valence-corrected chi connectivity index (χ4v) is 3.32. The number of nitrogens with one attached hydrogen (secondary N) is 2. The molecular weight excluding hydrogens is 328 g/mol. The third-order valence-corrected chi connectivity index (χ3v) is 4.95. The van der Waals surface area contributed by atoms with Crippen molar-refractivity contribution in [2.75, 3.05) is 4.72 Å². The Morgan fingerprint density at radius 3 is 2.71 bits per heavy atom. The monoisotopic (exact) mass is 346 g/mol. The van der Waals surface area contributed by atoms with Gasteiger partial charge in [0.15, 0.2) is 0 Å². The van der Waals surface area contributed by atoms with E-state index < -0.39 is 10.0 Å². The molecular formula is C16H18N4O3S. The van der Waals surface area contributed by atoms with Gasteiger partial charge >= 0.3 is 0 Å². The lowest BCUT2D eigenvalue weighted by atomic mass is 10.1. The van der Waals surface area contributed by atoms with Crippen LogP contribution in [0.5, 0.6) is 0 Å². The first-order chi connectivity index (χ1) is 11.4. The molecule has 7 nitrogen and oxygen atoms in total. The van der Waals surface area contributed by atoms with E-state index in [1.54, 1.807) is 6.07 Å². The van der Waals surface area contributed by atoms with Crippen molar-refractivity contribution >= 4 is 15.7 Å². The maximum Gasteiger partial charge on any atom is 0.264 e. The second kappa shape index (κ2) is 6.12. The van der Waals surface area contributed by atoms with Crippen molar-refractivity contribution in [3.05, 3.63) is 47.5 Å². The van der Waals surface area contributed by atoms with Gasteiger partial charge in [-0.2, -0.15) is 0 Å². The Morgan fingerprint density at radius 1 is 1.21 bits per heavy atom. The Labute approximate surface area is 140 Å². The number of hydrogen-bond donors (Lipinski definition) is 2. The molecule has 0 aliphatic rings. The largest absolute Gasteiger partial charge is 0.419 e. The molecule has 0 saturated carbocycles. The molecule has 2 heterocycles. The third-order valence-electron chi connectivity index (χ3n) is 3.60. The third kappa shape index (κ3) is 3.18. The lowest BCUT2D eigenvalue weighted by molar-refractivity contribution is 0.511. The Kier molecular flexibility index (Phi) is 4.15. The molecule has 2 N–H and O–H groups in total. The number of aromatic amines is 1. The summed E-state index contributed by atoms with van der Waals surface area (Å²) in [5, 5.41) is 7.77. The van der Waals surface area contributed by atoms with Crippen LogP contribution in [0.15, 0.2) is 39.8 Å². The van der Waals surface area contributed by atoms with Gasteiger partial charge in [-0.05, 0) is 37.1 Å². The van der Waals surface area contributed by atoms with E-state index in [0.717, 1.165) is 11.1 Å². The molecule has 0 aliphatic carbocycles. The molecule has 0 atom stereocenters. The van der Waals surface area contributed by atoms with Crippen LogP contribution in [0.2, 0.25) is 0 Å². The molecule has 3 aromatic rings. The number of aryl methyl sites for hydroxylation is 3. The van der Waals surface area contributed by atoms with Gasteiger partial charge in [0.25, 0.3) is 15.9 Å². The predicted molar refractivity (Wildman–Crippen MR) is 90.2 cm³/mol. The van der Waals surface area contributed by atoms with E-state index >= 15 is 0 Å². The minimum Gasteiger partial charge on any atom is -0.419 e. The van der Waals surface area contributed by atoms with Crippen molar-refractivity contribution in [1.29, 1.82) is 0 Å². The first kappa shape index (κ1) is 16.3. The quantitative estimate of drug-likeness (QED) is 0.739. The SMILES string of the molecule is CCc1nnc(-c2cc(S(=O)(=O)Nc3cc(C)ccc3C)c[nH]2)o1. The van der Waals surface area contributed by atoms with Crippen LogP contribution in [-0.2, 0) is 16.4 Å². The van der Waals surface area contributed by atoms with Gasteiger partial charge in [-0.25, -0.2) is 8.42 Å². The van der Waals surface area contributed by atoms with E-state index in [0.29, 0.717) is 23.7 Å². The van der Waals surface area contributed by atoms with Crippen LogP contribution in [0.4, 0.5) is 5.69 Å². The molecule has 2 aromatic heterocycles. The highest BCUT2D eigenvalue weighted by atomic mass is 32.2. The molecule has 3 rings (SSSR count). The summed E-state index contributed by atoms with van der Waals surface area (Å²) in [6.07, 6.45) is 2.02. The molecule has 126 valence electrons. The first-order valence-electron chi connectivity index (χ1n) is 7.50. The van der Waals surface area contributed by atoms with Crippen molar-refractivity contribution < 1.29 is 12.8 Å². The van der Waals surface area contributed by atoms with Crippen LogP contribution in [0, 0.1) is 13.8 Å². The number of H-pyrrole nitrogens is 1. The van der Waals surface area contributed by atoms with Crippen molar-refractivity contribution in [1.82, 2.24) is 15.2 Å². The summed E-state index contributed by atoms with van der Waals surface area (Å²) in [5.74, 6) is 0.762. The zero-order chi connectivity index (χ0) is 17.3. The van der Waals surface area contributed by atoms with Gasteiger partial charge in [-0.1, -0.05) is 19.1 Å². The summed E-state index contributed by atoms with van der Waals surface area (Å²) < 4.78 is 33.2. The molecule has 1 aromatic carbocycles. The van der Waals surface area contributed by atoms with Gasteiger partial charge in [0.05, 0.1) is 5.69 Å². The van der Waals surface area contributed by atoms with Crippen molar-refractivity contribution in [3.63, 3.8) is 0 Å². The number of hydrogen-bond acceptors (Lipinski definition) is 5. The highest BCUT2D eigenvalue weighted by molar-refractivity contribution is 7.92. The van der Waals surface area contributed by atoms with Crippen LogP contribution >= 0.6 is 0 Å². The molecule has 0 aliphatic heterocycles. The summed E-state index contributed by atoms with van der Waals surface area (Å²) in [5.41, 5.74) is 2.85. The summed E-state index contributed by atoms with van der Waals surface area (Å²) in [6.45, 7) is 5.66. The van der Waals surface area contributed by atoms with E-state index in [9.17, 15) is 8.42 Å². The van der Waals surface area contributed by atoms with E-state index in [4.69, 9.17) is 4.42 Å². The highest BCUT2D eigenvalue weighted by Gasteiger charge is 2.19. The number of rotatable bonds is 5. The summed E-state index contributed by atoms with van der Waals surface area (Å²) in [6, 6.07) is 7.08. The molecule has 0 amide bonds. The fourth-order valence-electron chi connectivity index (χ4n) is 2.21. The van der Waals surface area contributed by atoms with Crippen LogP contribution in [0.1, 0.15) is 23.9 Å². The Hall–Kier alpha value is -2.61. The Morgan fingerprint density at radius 2 is 2.00 bits per heavy atom. The lowest BCUT2D eigenvalue weighted by Gasteiger charge is -2.10. The summed E-state index contributed by atoms with van der Waals surface area (Å²) in [7, 11) is -3.71. The van der Waals surface area contributed by atoms with Crippen molar-refractivity contribution in [3.8, 4) is 11.6 Å². The van der Waals surface area contributed by atoms with Gasteiger partial charge in [0.2, 0.25) is 5.89 Å². The second-order valence-corrected chi connectivity index (χ2v) is 7.21. The average Bonchev–Trinajstić information content (AvgIpc) is 3.19. The number of anilines is 1.